The van der Waals surface area contributed by atoms with Gasteiger partial charge in [0.05, 0.1) is 4.90 Å². The van der Waals surface area contributed by atoms with Crippen LogP contribution in [0, 0.1) is 0 Å². The van der Waals surface area contributed by atoms with Gasteiger partial charge in [-0.2, -0.15) is 4.31 Å². The highest BCUT2D eigenvalue weighted by Crippen LogP contribution is 2.28. The van der Waals surface area contributed by atoms with Gasteiger partial charge in [0, 0.05) is 23.7 Å². The highest BCUT2D eigenvalue weighted by atomic mass is 32.2. The van der Waals surface area contributed by atoms with Crippen molar-refractivity contribution in [2.24, 2.45) is 0 Å². The monoisotopic (exact) mass is 480 g/mol. The Labute approximate surface area is 199 Å². The topological polar surface area (TPSA) is 105 Å². The summed E-state index contributed by atoms with van der Waals surface area (Å²) in [6.45, 7) is 2.46. The molecule has 1 fully saturated rings. The molecule has 0 saturated carbocycles. The number of hydrogen-bond donors (Lipinski definition) is 1. The van der Waals surface area contributed by atoms with Crippen LogP contribution in [0.5, 0.6) is 0 Å². The van der Waals surface area contributed by atoms with E-state index >= 15 is 0 Å². The number of sulfonamides is 1. The zero-order valence-corrected chi connectivity index (χ0v) is 20.0. The summed E-state index contributed by atoms with van der Waals surface area (Å²) < 4.78 is 33.2. The lowest BCUT2D eigenvalue weighted by Gasteiger charge is -2.32. The fourth-order valence-corrected chi connectivity index (χ4v) is 6.47. The summed E-state index contributed by atoms with van der Waals surface area (Å²) in [6.07, 6.45) is 7.29. The third kappa shape index (κ3) is 4.50. The zero-order chi connectivity index (χ0) is 23.7. The van der Waals surface area contributed by atoms with Gasteiger partial charge in [0.25, 0.3) is 5.91 Å². The van der Waals surface area contributed by atoms with E-state index in [4.69, 9.17) is 4.42 Å². The maximum atomic E-state index is 13.0. The van der Waals surface area contributed by atoms with Gasteiger partial charge < -0.3 is 4.42 Å². The molecule has 0 bridgehead atoms. The molecule has 1 atom stereocenters. The van der Waals surface area contributed by atoms with E-state index in [-0.39, 0.29) is 17.0 Å². The van der Waals surface area contributed by atoms with Gasteiger partial charge in [-0.15, -0.1) is 5.10 Å². The van der Waals surface area contributed by atoms with Crippen LogP contribution in [-0.4, -0.2) is 41.4 Å². The summed E-state index contributed by atoms with van der Waals surface area (Å²) in [6, 6.07) is 12.1. The minimum atomic E-state index is -3.59. The Kier molecular flexibility index (Phi) is 6.22. The largest absolute Gasteiger partial charge is 0.403 e. The van der Waals surface area contributed by atoms with Crippen molar-refractivity contribution in [3.8, 4) is 11.5 Å². The van der Waals surface area contributed by atoms with Crippen molar-refractivity contribution < 1.29 is 17.6 Å². The van der Waals surface area contributed by atoms with Crippen LogP contribution in [0.3, 0.4) is 0 Å². The van der Waals surface area contributed by atoms with Gasteiger partial charge in [-0.25, -0.2) is 8.42 Å². The zero-order valence-electron chi connectivity index (χ0n) is 19.2. The number of piperidine rings is 1. The Morgan fingerprint density at radius 1 is 1.00 bits per heavy atom. The maximum absolute atomic E-state index is 13.0. The second-order valence-electron chi connectivity index (χ2n) is 9.04. The fourth-order valence-electron chi connectivity index (χ4n) is 4.77. The van der Waals surface area contributed by atoms with Gasteiger partial charge in [0.15, 0.2) is 0 Å². The molecule has 1 amide bonds. The van der Waals surface area contributed by atoms with E-state index in [9.17, 15) is 13.2 Å². The Morgan fingerprint density at radius 2 is 1.76 bits per heavy atom. The number of amides is 1. The Balaban J connectivity index is 1.28. The molecule has 1 N–H and O–H groups in total. The number of anilines is 1. The van der Waals surface area contributed by atoms with Gasteiger partial charge in [-0.3, -0.25) is 10.1 Å². The molecular formula is C25H28N4O4S. The van der Waals surface area contributed by atoms with Crippen LogP contribution in [-0.2, 0) is 22.9 Å². The van der Waals surface area contributed by atoms with Crippen molar-refractivity contribution in [2.75, 3.05) is 11.9 Å². The van der Waals surface area contributed by atoms with Gasteiger partial charge in [-0.1, -0.05) is 17.6 Å². The van der Waals surface area contributed by atoms with E-state index in [1.165, 1.54) is 48.2 Å². The first kappa shape index (κ1) is 22.7. The first-order valence-corrected chi connectivity index (χ1v) is 13.2. The molecule has 3 aromatic rings. The molecule has 2 aromatic carbocycles. The number of nitrogens with one attached hydrogen (secondary N) is 1. The fraction of sp³-hybridized carbons (Fsp3) is 0.400. The molecule has 8 nitrogen and oxygen atoms in total. The molecule has 9 heteroatoms. The number of fused-ring (bicyclic) bond motifs is 1. The number of benzene rings is 2. The van der Waals surface area contributed by atoms with Crippen molar-refractivity contribution in [3.63, 3.8) is 0 Å². The molecule has 34 heavy (non-hydrogen) atoms. The van der Waals surface area contributed by atoms with E-state index < -0.39 is 15.9 Å². The highest BCUT2D eigenvalue weighted by molar-refractivity contribution is 7.89. The number of nitrogens with zero attached hydrogens (tertiary/aromatic N) is 3. The Bertz CT molecular complexity index is 1300. The van der Waals surface area contributed by atoms with Crippen LogP contribution < -0.4 is 5.32 Å². The minimum absolute atomic E-state index is 0.00318. The number of rotatable bonds is 5. The van der Waals surface area contributed by atoms with E-state index in [2.05, 4.69) is 27.6 Å². The lowest BCUT2D eigenvalue weighted by Crippen LogP contribution is -2.41. The maximum Gasteiger partial charge on any atom is 0.322 e. The van der Waals surface area contributed by atoms with E-state index in [0.717, 1.165) is 37.7 Å². The number of hydrogen-bond acceptors (Lipinski definition) is 6. The van der Waals surface area contributed by atoms with Gasteiger partial charge >= 0.3 is 6.01 Å². The molecule has 1 aromatic heterocycles. The molecule has 5 rings (SSSR count). The SMILES string of the molecule is C[C@@H]1CCCCN1S(=O)(=O)c1ccc(C(=O)Nc2nnc(-c3ccc4c(c3)CCCC4)o2)cc1. The smallest absolute Gasteiger partial charge is 0.322 e. The van der Waals surface area contributed by atoms with E-state index in [1.807, 2.05) is 13.0 Å². The molecule has 1 saturated heterocycles. The molecule has 178 valence electrons. The number of carbonyl (C=O) groups excluding carboxylic acids is 1. The minimum Gasteiger partial charge on any atom is -0.403 e. The number of aromatic nitrogens is 2. The average molecular weight is 481 g/mol. The van der Waals surface area contributed by atoms with Crippen molar-refractivity contribution in [1.29, 1.82) is 0 Å². The lowest BCUT2D eigenvalue weighted by molar-refractivity contribution is 0.102. The van der Waals surface area contributed by atoms with Crippen molar-refractivity contribution in [3.05, 3.63) is 59.2 Å². The number of aryl methyl sites for hydroxylation is 2. The molecule has 2 aliphatic rings. The quantitative estimate of drug-likeness (QED) is 0.579. The summed E-state index contributed by atoms with van der Waals surface area (Å²) >= 11 is 0. The summed E-state index contributed by atoms with van der Waals surface area (Å²) in [4.78, 5) is 12.9. The predicted octanol–water partition coefficient (Wildman–Crippen LogP) is 4.43. The Hall–Kier alpha value is -3.04. The third-order valence-corrected chi connectivity index (χ3v) is 8.73. The van der Waals surface area contributed by atoms with Crippen LogP contribution in [0.25, 0.3) is 11.5 Å². The highest BCUT2D eigenvalue weighted by Gasteiger charge is 2.31. The van der Waals surface area contributed by atoms with Crippen LogP contribution in [0.1, 0.15) is 60.5 Å². The molecular weight excluding hydrogens is 452 g/mol. The molecule has 0 radical (unpaired) electrons. The van der Waals surface area contributed by atoms with Gasteiger partial charge in [-0.05, 0) is 93.0 Å². The van der Waals surface area contributed by atoms with Crippen LogP contribution in [0.4, 0.5) is 6.01 Å². The van der Waals surface area contributed by atoms with Crippen molar-refractivity contribution in [2.45, 2.75) is 62.8 Å². The van der Waals surface area contributed by atoms with Crippen molar-refractivity contribution in [1.82, 2.24) is 14.5 Å². The number of carbonyl (C=O) groups is 1. The molecule has 1 aliphatic heterocycles. The average Bonchev–Trinajstić information content (AvgIpc) is 3.32. The standard InChI is InChI=1S/C25H28N4O4S/c1-17-6-4-5-15-29(17)34(31,32)22-13-11-19(12-14-22)23(30)26-25-28-27-24(33-25)21-10-9-18-7-2-3-8-20(18)16-21/h9-14,16-17H,2-8,15H2,1H3,(H,26,28,30)/t17-/m1/s1. The Morgan fingerprint density at radius 3 is 2.53 bits per heavy atom. The van der Waals surface area contributed by atoms with E-state index in [0.29, 0.717) is 18.0 Å². The lowest BCUT2D eigenvalue weighted by atomic mass is 9.90. The second-order valence-corrected chi connectivity index (χ2v) is 10.9. The second kappa shape index (κ2) is 9.31. The first-order chi connectivity index (χ1) is 16.4. The predicted molar refractivity (Wildman–Crippen MR) is 128 cm³/mol. The van der Waals surface area contributed by atoms with Crippen LogP contribution in [0.15, 0.2) is 51.8 Å². The third-order valence-electron chi connectivity index (χ3n) is 6.71. The summed E-state index contributed by atoms with van der Waals surface area (Å²) in [5, 5.41) is 10.6. The van der Waals surface area contributed by atoms with Gasteiger partial charge in [0.1, 0.15) is 0 Å². The summed E-state index contributed by atoms with van der Waals surface area (Å²) in [5.74, 6) is -0.100. The molecule has 0 spiro atoms. The summed E-state index contributed by atoms with van der Waals surface area (Å²) in [7, 11) is -3.59. The van der Waals surface area contributed by atoms with Crippen molar-refractivity contribution >= 4 is 21.9 Å². The molecule has 2 heterocycles. The van der Waals surface area contributed by atoms with Crippen LogP contribution in [0.2, 0.25) is 0 Å². The molecule has 1 aliphatic carbocycles. The summed E-state index contributed by atoms with van der Waals surface area (Å²) in [5.41, 5.74) is 3.80. The first-order valence-electron chi connectivity index (χ1n) is 11.8. The van der Waals surface area contributed by atoms with Gasteiger partial charge in [0.2, 0.25) is 15.9 Å². The van der Waals surface area contributed by atoms with E-state index in [1.54, 1.807) is 4.31 Å². The molecule has 0 unspecified atom stereocenters. The van der Waals surface area contributed by atoms with Crippen LogP contribution >= 0.6 is 0 Å². The normalized spacial score (nSPS) is 18.9.